The lowest BCUT2D eigenvalue weighted by Crippen LogP contribution is -1.95. The molecule has 2 aromatic carbocycles. The molecule has 0 unspecified atom stereocenters. The van der Waals surface area contributed by atoms with E-state index in [0.29, 0.717) is 17.2 Å². The fourth-order valence-corrected chi connectivity index (χ4v) is 2.01. The Morgan fingerprint density at radius 2 is 1.48 bits per heavy atom. The molecule has 0 aliphatic heterocycles. The van der Waals surface area contributed by atoms with Gasteiger partial charge < -0.3 is 14.2 Å². The average Bonchev–Trinajstić information content (AvgIpc) is 2.53. The Morgan fingerprint density at radius 3 is 1.95 bits per heavy atom. The number of hydrogen-bond acceptors (Lipinski definition) is 3. The van der Waals surface area contributed by atoms with Crippen LogP contribution >= 0.6 is 0 Å². The first-order valence-corrected chi connectivity index (χ1v) is 6.64. The molecule has 109 valence electrons. The zero-order valence-corrected chi connectivity index (χ0v) is 12.8. The van der Waals surface area contributed by atoms with E-state index in [1.54, 1.807) is 21.3 Å². The van der Waals surface area contributed by atoms with E-state index in [9.17, 15) is 0 Å². The summed E-state index contributed by atoms with van der Waals surface area (Å²) in [4.78, 5) is 0. The lowest BCUT2D eigenvalue weighted by atomic mass is 10.1. The highest BCUT2D eigenvalue weighted by atomic mass is 16.5. The van der Waals surface area contributed by atoms with Crippen molar-refractivity contribution in [2.75, 3.05) is 21.3 Å². The zero-order valence-electron chi connectivity index (χ0n) is 12.8. The molecule has 0 atom stereocenters. The van der Waals surface area contributed by atoms with Gasteiger partial charge in [0.15, 0.2) is 11.5 Å². The monoisotopic (exact) mass is 283 g/mol. The number of hydrogen-bond donors (Lipinski definition) is 0. The van der Waals surface area contributed by atoms with Crippen LogP contribution < -0.4 is 14.2 Å². The number of benzene rings is 2. The van der Waals surface area contributed by atoms with Crippen LogP contribution in [0.15, 0.2) is 30.3 Å². The van der Waals surface area contributed by atoms with Gasteiger partial charge in [-0.05, 0) is 47.9 Å². The quantitative estimate of drug-likeness (QED) is 0.776. The van der Waals surface area contributed by atoms with E-state index in [0.717, 1.165) is 16.7 Å². The van der Waals surface area contributed by atoms with E-state index >= 15 is 0 Å². The Kier molecular flexibility index (Phi) is 4.88. The van der Waals surface area contributed by atoms with Crippen LogP contribution in [0.25, 0.3) is 12.2 Å². The summed E-state index contributed by atoms with van der Waals surface area (Å²) < 4.78 is 16.0. The summed E-state index contributed by atoms with van der Waals surface area (Å²) >= 11 is 0. The molecule has 0 heterocycles. The van der Waals surface area contributed by atoms with Crippen molar-refractivity contribution in [3.05, 3.63) is 53.1 Å². The molecule has 0 saturated heterocycles. The highest BCUT2D eigenvalue weighted by Gasteiger charge is 2.11. The van der Waals surface area contributed by atoms with Crippen molar-refractivity contribution in [1.82, 2.24) is 0 Å². The molecule has 0 aliphatic rings. The molecule has 0 aromatic heterocycles. The van der Waals surface area contributed by atoms with Gasteiger partial charge >= 0.3 is 0 Å². The lowest BCUT2D eigenvalue weighted by Gasteiger charge is -2.12. The third-order valence-corrected chi connectivity index (χ3v) is 3.15. The second-order valence-electron chi connectivity index (χ2n) is 4.60. The Labute approximate surface area is 125 Å². The van der Waals surface area contributed by atoms with Gasteiger partial charge in [-0.3, -0.25) is 0 Å². The van der Waals surface area contributed by atoms with E-state index in [1.807, 2.05) is 43.3 Å². The van der Waals surface area contributed by atoms with Crippen molar-refractivity contribution >= 4 is 12.2 Å². The zero-order chi connectivity index (χ0) is 15.2. The van der Waals surface area contributed by atoms with Crippen LogP contribution in [-0.2, 0) is 0 Å². The largest absolute Gasteiger partial charge is 0.493 e. The average molecular weight is 283 g/mol. The lowest BCUT2D eigenvalue weighted by molar-refractivity contribution is 0.324. The first-order valence-electron chi connectivity index (χ1n) is 6.64. The summed E-state index contributed by atoms with van der Waals surface area (Å²) in [5, 5.41) is 0. The molecule has 0 N–H and O–H groups in total. The number of ether oxygens (including phenoxy) is 3. The van der Waals surface area contributed by atoms with Gasteiger partial charge in [0.1, 0.15) is 0 Å². The summed E-state index contributed by atoms with van der Waals surface area (Å²) in [6.45, 7) is 2.02. The summed E-state index contributed by atoms with van der Waals surface area (Å²) in [5.74, 6) is 1.89. The molecule has 0 amide bonds. The van der Waals surface area contributed by atoms with Gasteiger partial charge in [-0.25, -0.2) is 0 Å². The minimum Gasteiger partial charge on any atom is -0.493 e. The number of aryl methyl sites for hydroxylation is 1. The molecule has 3 heteroatoms. The van der Waals surface area contributed by atoms with Crippen molar-refractivity contribution in [2.45, 2.75) is 6.92 Å². The molecular weight excluding hydrogens is 264 g/mol. The molecule has 21 heavy (non-hydrogen) atoms. The van der Waals surface area contributed by atoms with Crippen LogP contribution in [0.4, 0.5) is 0 Å². The van der Waals surface area contributed by atoms with E-state index in [1.165, 1.54) is 0 Å². The number of rotatable bonds is 5. The Bertz CT molecular complexity index is 602. The van der Waals surface area contributed by atoms with E-state index < -0.39 is 0 Å². The van der Waals surface area contributed by atoms with Crippen molar-refractivity contribution < 1.29 is 14.2 Å². The third-order valence-electron chi connectivity index (χ3n) is 3.15. The molecule has 1 radical (unpaired) electrons. The molecule has 2 aromatic rings. The molecule has 0 spiro atoms. The molecule has 0 fully saturated rings. The van der Waals surface area contributed by atoms with Gasteiger partial charge in [0.05, 0.1) is 21.3 Å². The van der Waals surface area contributed by atoms with Crippen molar-refractivity contribution in [2.24, 2.45) is 0 Å². The first-order chi connectivity index (χ1) is 10.2. The smallest absolute Gasteiger partial charge is 0.203 e. The van der Waals surface area contributed by atoms with Crippen LogP contribution in [0.1, 0.15) is 16.7 Å². The summed E-state index contributed by atoms with van der Waals surface area (Å²) in [5.41, 5.74) is 3.19. The van der Waals surface area contributed by atoms with Crippen molar-refractivity contribution in [3.63, 3.8) is 0 Å². The summed E-state index contributed by atoms with van der Waals surface area (Å²) in [7, 11) is 4.82. The highest BCUT2D eigenvalue weighted by Crippen LogP contribution is 2.38. The Hall–Kier alpha value is -2.42. The van der Waals surface area contributed by atoms with Gasteiger partial charge in [0.2, 0.25) is 5.75 Å². The highest BCUT2D eigenvalue weighted by molar-refractivity contribution is 5.72. The third kappa shape index (κ3) is 3.57. The molecule has 0 aliphatic carbocycles. The van der Waals surface area contributed by atoms with E-state index in [-0.39, 0.29) is 0 Å². The maximum absolute atomic E-state index is 5.34. The summed E-state index contributed by atoms with van der Waals surface area (Å²) in [6.07, 6.45) is 4.03. The maximum atomic E-state index is 5.34. The molecule has 3 nitrogen and oxygen atoms in total. The normalized spacial score (nSPS) is 10.7. The SMILES string of the molecule is COc1cc(/C=C\c2c[c]c(C)cc2)cc(OC)c1OC. The molecular formula is C18H19O3. The standard InChI is InChI=1S/C18H19O3/c1-13-5-7-14(8-6-13)9-10-15-11-16(19-2)18(21-4)17(12-15)20-3/h5,7-12H,1-4H3/b10-9-. The minimum atomic E-state index is 0.598. The van der Waals surface area contributed by atoms with E-state index in [2.05, 4.69) is 12.1 Å². The summed E-state index contributed by atoms with van der Waals surface area (Å²) in [6, 6.07) is 13.1. The molecule has 0 bridgehead atoms. The van der Waals surface area contributed by atoms with Crippen LogP contribution in [0.2, 0.25) is 0 Å². The minimum absolute atomic E-state index is 0.598. The number of methoxy groups -OCH3 is 3. The molecule has 2 rings (SSSR count). The first kappa shape index (κ1) is 15.0. The maximum Gasteiger partial charge on any atom is 0.203 e. The van der Waals surface area contributed by atoms with Crippen LogP contribution in [0.3, 0.4) is 0 Å². The predicted octanol–water partition coefficient (Wildman–Crippen LogP) is 3.99. The van der Waals surface area contributed by atoms with Gasteiger partial charge in [-0.15, -0.1) is 0 Å². The van der Waals surface area contributed by atoms with E-state index in [4.69, 9.17) is 14.2 Å². The molecule has 0 saturated carbocycles. The fraction of sp³-hybridized carbons (Fsp3) is 0.222. The Morgan fingerprint density at radius 1 is 0.857 bits per heavy atom. The Balaban J connectivity index is 2.33. The van der Waals surface area contributed by atoms with Gasteiger partial charge in [0, 0.05) is 0 Å². The fourth-order valence-electron chi connectivity index (χ4n) is 2.01. The predicted molar refractivity (Wildman–Crippen MR) is 85.0 cm³/mol. The van der Waals surface area contributed by atoms with Crippen LogP contribution in [-0.4, -0.2) is 21.3 Å². The van der Waals surface area contributed by atoms with Gasteiger partial charge in [-0.1, -0.05) is 24.3 Å². The second-order valence-corrected chi connectivity index (χ2v) is 4.60. The van der Waals surface area contributed by atoms with Crippen LogP contribution in [0, 0.1) is 13.0 Å². The van der Waals surface area contributed by atoms with Gasteiger partial charge in [0.25, 0.3) is 0 Å². The topological polar surface area (TPSA) is 27.7 Å². The van der Waals surface area contributed by atoms with Gasteiger partial charge in [-0.2, -0.15) is 0 Å². The van der Waals surface area contributed by atoms with Crippen molar-refractivity contribution in [3.8, 4) is 17.2 Å². The van der Waals surface area contributed by atoms with Crippen LogP contribution in [0.5, 0.6) is 17.2 Å². The van der Waals surface area contributed by atoms with Crippen molar-refractivity contribution in [1.29, 1.82) is 0 Å². The second kappa shape index (κ2) is 6.84.